The molecule has 0 aliphatic rings. The molecule has 0 amide bonds. The molecule has 0 unspecified atom stereocenters. The van der Waals surface area contributed by atoms with Crippen LogP contribution in [0.3, 0.4) is 0 Å². The zero-order chi connectivity index (χ0) is 11.4. The van der Waals surface area contributed by atoms with Gasteiger partial charge in [-0.1, -0.05) is 11.6 Å². The van der Waals surface area contributed by atoms with E-state index in [0.29, 0.717) is 23.1 Å². The van der Waals surface area contributed by atoms with Crippen LogP contribution in [0.25, 0.3) is 0 Å². The second-order valence-electron chi connectivity index (χ2n) is 3.58. The van der Waals surface area contributed by atoms with E-state index in [0.717, 1.165) is 0 Å². The number of aliphatic hydroxyl groups is 1. The molecule has 0 aliphatic heterocycles. The van der Waals surface area contributed by atoms with Crippen molar-refractivity contribution in [1.29, 1.82) is 0 Å². The minimum absolute atomic E-state index is 0.0714. The van der Waals surface area contributed by atoms with E-state index in [-0.39, 0.29) is 12.6 Å². The molecular weight excluding hydrogens is 214 g/mol. The molecule has 1 aromatic heterocycles. The Morgan fingerprint density at radius 3 is 2.73 bits per heavy atom. The number of nitrogens with zero attached hydrogens (tertiary/aromatic N) is 2. The summed E-state index contributed by atoms with van der Waals surface area (Å²) < 4.78 is 0. The Balaban J connectivity index is 3.00. The van der Waals surface area contributed by atoms with Crippen molar-refractivity contribution in [2.75, 3.05) is 23.8 Å². The Labute approximate surface area is 94.7 Å². The maximum Gasteiger partial charge on any atom is 0.152 e. The molecule has 0 radical (unpaired) electrons. The van der Waals surface area contributed by atoms with Gasteiger partial charge in [0.1, 0.15) is 0 Å². The number of pyridine rings is 1. The van der Waals surface area contributed by atoms with Crippen molar-refractivity contribution < 1.29 is 5.11 Å². The van der Waals surface area contributed by atoms with Gasteiger partial charge in [-0.2, -0.15) is 0 Å². The van der Waals surface area contributed by atoms with Crippen molar-refractivity contribution in [1.82, 2.24) is 4.98 Å². The highest BCUT2D eigenvalue weighted by molar-refractivity contribution is 6.30. The topological polar surface area (TPSA) is 62.4 Å². The predicted octanol–water partition coefficient (Wildman–Crippen LogP) is 1.52. The Hall–Kier alpha value is -1.00. The van der Waals surface area contributed by atoms with Crippen molar-refractivity contribution in [2.24, 2.45) is 0 Å². The number of hydrogen-bond donors (Lipinski definition) is 2. The first-order valence-corrected chi connectivity index (χ1v) is 5.22. The SMILES string of the molecule is CC(C)N(CCO)c1ncc(Cl)cc1N. The van der Waals surface area contributed by atoms with E-state index in [1.54, 1.807) is 12.3 Å². The first-order valence-electron chi connectivity index (χ1n) is 4.84. The van der Waals surface area contributed by atoms with Gasteiger partial charge in [0.15, 0.2) is 5.82 Å². The lowest BCUT2D eigenvalue weighted by Gasteiger charge is -2.28. The summed E-state index contributed by atoms with van der Waals surface area (Å²) in [5.74, 6) is 0.670. The smallest absolute Gasteiger partial charge is 0.152 e. The van der Waals surface area contributed by atoms with E-state index >= 15 is 0 Å². The lowest BCUT2D eigenvalue weighted by Crippen LogP contribution is -2.34. The zero-order valence-corrected chi connectivity index (χ0v) is 9.70. The molecule has 5 heteroatoms. The summed E-state index contributed by atoms with van der Waals surface area (Å²) in [5.41, 5.74) is 6.35. The van der Waals surface area contributed by atoms with Gasteiger partial charge in [0.25, 0.3) is 0 Å². The molecule has 0 bridgehead atoms. The maximum absolute atomic E-state index is 8.96. The third-order valence-electron chi connectivity index (χ3n) is 2.10. The fraction of sp³-hybridized carbons (Fsp3) is 0.500. The zero-order valence-electron chi connectivity index (χ0n) is 8.94. The Kier molecular flexibility index (Phi) is 4.17. The molecule has 4 nitrogen and oxygen atoms in total. The Morgan fingerprint density at radius 2 is 2.27 bits per heavy atom. The molecule has 0 fully saturated rings. The van der Waals surface area contributed by atoms with Gasteiger partial charge in [-0.15, -0.1) is 0 Å². The van der Waals surface area contributed by atoms with Crippen molar-refractivity contribution in [3.63, 3.8) is 0 Å². The van der Waals surface area contributed by atoms with Gasteiger partial charge in [-0.3, -0.25) is 0 Å². The fourth-order valence-electron chi connectivity index (χ4n) is 1.40. The van der Waals surface area contributed by atoms with Crippen LogP contribution in [0.5, 0.6) is 0 Å². The number of halogens is 1. The van der Waals surface area contributed by atoms with E-state index in [9.17, 15) is 0 Å². The Morgan fingerprint density at radius 1 is 1.60 bits per heavy atom. The number of aromatic nitrogens is 1. The second kappa shape index (κ2) is 5.19. The highest BCUT2D eigenvalue weighted by Gasteiger charge is 2.14. The van der Waals surface area contributed by atoms with Gasteiger partial charge in [0.05, 0.1) is 17.3 Å². The van der Waals surface area contributed by atoms with Gasteiger partial charge in [0.2, 0.25) is 0 Å². The molecule has 84 valence electrons. The number of hydrogen-bond acceptors (Lipinski definition) is 4. The highest BCUT2D eigenvalue weighted by atomic mass is 35.5. The van der Waals surface area contributed by atoms with E-state index in [1.165, 1.54) is 0 Å². The van der Waals surface area contributed by atoms with Crippen LogP contribution in [0.4, 0.5) is 11.5 Å². The van der Waals surface area contributed by atoms with E-state index in [4.69, 9.17) is 22.4 Å². The molecule has 1 aromatic rings. The average molecular weight is 230 g/mol. The summed E-state index contributed by atoms with van der Waals surface area (Å²) in [6, 6.07) is 1.89. The standard InChI is InChI=1S/C10H16ClN3O/c1-7(2)14(3-4-15)10-9(12)5-8(11)6-13-10/h5-7,15H,3-4,12H2,1-2H3. The molecular formula is C10H16ClN3O. The monoisotopic (exact) mass is 229 g/mol. The first kappa shape index (κ1) is 12.1. The van der Waals surface area contributed by atoms with Crippen molar-refractivity contribution in [3.8, 4) is 0 Å². The van der Waals surface area contributed by atoms with Crippen molar-refractivity contribution in [2.45, 2.75) is 19.9 Å². The first-order chi connectivity index (χ1) is 7.06. The number of anilines is 2. The average Bonchev–Trinajstić information content (AvgIpc) is 2.15. The van der Waals surface area contributed by atoms with Gasteiger partial charge >= 0.3 is 0 Å². The molecule has 3 N–H and O–H groups in total. The third-order valence-corrected chi connectivity index (χ3v) is 2.30. The molecule has 0 aromatic carbocycles. The largest absolute Gasteiger partial charge is 0.396 e. The third kappa shape index (κ3) is 2.97. The van der Waals surface area contributed by atoms with Gasteiger partial charge < -0.3 is 15.7 Å². The number of nitrogen functional groups attached to an aromatic ring is 1. The summed E-state index contributed by atoms with van der Waals surface area (Å²) in [5, 5.41) is 9.47. The number of rotatable bonds is 4. The molecule has 15 heavy (non-hydrogen) atoms. The minimum Gasteiger partial charge on any atom is -0.396 e. The lowest BCUT2D eigenvalue weighted by molar-refractivity contribution is 0.298. The van der Waals surface area contributed by atoms with Crippen LogP contribution >= 0.6 is 11.6 Å². The molecule has 0 spiro atoms. The van der Waals surface area contributed by atoms with E-state index < -0.39 is 0 Å². The summed E-state index contributed by atoms with van der Waals surface area (Å²) in [4.78, 5) is 6.11. The number of nitrogens with two attached hydrogens (primary N) is 1. The fourth-order valence-corrected chi connectivity index (χ4v) is 1.57. The molecule has 0 aliphatic carbocycles. The normalized spacial score (nSPS) is 10.7. The number of aliphatic hydroxyl groups excluding tert-OH is 1. The Bertz CT molecular complexity index is 330. The molecule has 0 atom stereocenters. The van der Waals surface area contributed by atoms with Crippen LogP contribution in [0.1, 0.15) is 13.8 Å². The minimum atomic E-state index is 0.0714. The summed E-state index contributed by atoms with van der Waals surface area (Å²) in [6.07, 6.45) is 1.56. The molecule has 0 saturated heterocycles. The van der Waals surface area contributed by atoms with Crippen molar-refractivity contribution in [3.05, 3.63) is 17.3 Å². The van der Waals surface area contributed by atoms with E-state index in [2.05, 4.69) is 4.98 Å². The predicted molar refractivity (Wildman–Crippen MR) is 63.2 cm³/mol. The van der Waals surface area contributed by atoms with Crippen LogP contribution in [0, 0.1) is 0 Å². The summed E-state index contributed by atoms with van der Waals surface area (Å²) >= 11 is 5.77. The molecule has 1 heterocycles. The van der Waals surface area contributed by atoms with Gasteiger partial charge in [0, 0.05) is 18.8 Å². The van der Waals surface area contributed by atoms with E-state index in [1.807, 2.05) is 18.7 Å². The van der Waals surface area contributed by atoms with Crippen LogP contribution in [-0.2, 0) is 0 Å². The van der Waals surface area contributed by atoms with Crippen LogP contribution in [-0.4, -0.2) is 29.3 Å². The lowest BCUT2D eigenvalue weighted by atomic mass is 10.3. The maximum atomic E-state index is 8.96. The highest BCUT2D eigenvalue weighted by Crippen LogP contribution is 2.24. The molecule has 1 rings (SSSR count). The van der Waals surface area contributed by atoms with Crippen LogP contribution in [0.2, 0.25) is 5.02 Å². The van der Waals surface area contributed by atoms with Crippen LogP contribution in [0.15, 0.2) is 12.3 Å². The van der Waals surface area contributed by atoms with Crippen LogP contribution < -0.4 is 10.6 Å². The molecule has 0 saturated carbocycles. The second-order valence-corrected chi connectivity index (χ2v) is 4.01. The summed E-state index contributed by atoms with van der Waals surface area (Å²) in [7, 11) is 0. The summed E-state index contributed by atoms with van der Waals surface area (Å²) in [6.45, 7) is 4.62. The van der Waals surface area contributed by atoms with Gasteiger partial charge in [-0.05, 0) is 19.9 Å². The van der Waals surface area contributed by atoms with Gasteiger partial charge in [-0.25, -0.2) is 4.98 Å². The van der Waals surface area contributed by atoms with Crippen molar-refractivity contribution >= 4 is 23.1 Å². The quantitative estimate of drug-likeness (QED) is 0.822.